The van der Waals surface area contributed by atoms with E-state index in [-0.39, 0.29) is 12.0 Å². The Morgan fingerprint density at radius 2 is 2.05 bits per heavy atom. The molecule has 4 nitrogen and oxygen atoms in total. The van der Waals surface area contributed by atoms with Crippen LogP contribution in [0.4, 0.5) is 0 Å². The monoisotopic (exact) mass is 266 g/mol. The lowest BCUT2D eigenvalue weighted by Crippen LogP contribution is -2.38. The van der Waals surface area contributed by atoms with Crippen molar-refractivity contribution < 1.29 is 9.53 Å². The minimum absolute atomic E-state index is 0.164. The summed E-state index contributed by atoms with van der Waals surface area (Å²) in [4.78, 5) is 14.4. The van der Waals surface area contributed by atoms with Gasteiger partial charge in [-0.1, -0.05) is 6.42 Å². The van der Waals surface area contributed by atoms with Gasteiger partial charge in [0, 0.05) is 25.7 Å². The van der Waals surface area contributed by atoms with E-state index in [0.29, 0.717) is 24.3 Å². The number of hydrogen-bond acceptors (Lipinski definition) is 3. The fourth-order valence-corrected chi connectivity index (χ4v) is 4.01. The lowest BCUT2D eigenvalue weighted by molar-refractivity contribution is -0.134. The Balaban J connectivity index is 1.53. The van der Waals surface area contributed by atoms with Crippen LogP contribution in [-0.4, -0.2) is 42.6 Å². The van der Waals surface area contributed by atoms with Crippen LogP contribution < -0.4 is 5.73 Å². The first-order valence-corrected chi connectivity index (χ1v) is 7.89. The molecule has 1 saturated carbocycles. The molecule has 2 aliphatic heterocycles. The maximum absolute atomic E-state index is 12.4. The molecular formula is C15H26N2O2. The van der Waals surface area contributed by atoms with Gasteiger partial charge < -0.3 is 15.4 Å². The summed E-state index contributed by atoms with van der Waals surface area (Å²) in [6.07, 6.45) is 7.76. The van der Waals surface area contributed by atoms with Crippen molar-refractivity contribution >= 4 is 5.91 Å². The molecule has 2 saturated heterocycles. The summed E-state index contributed by atoms with van der Waals surface area (Å²) >= 11 is 0. The van der Waals surface area contributed by atoms with Gasteiger partial charge in [-0.05, 0) is 43.9 Å². The number of hydrogen-bond donors (Lipinski definition) is 1. The summed E-state index contributed by atoms with van der Waals surface area (Å²) < 4.78 is 5.68. The van der Waals surface area contributed by atoms with Crippen LogP contribution in [0.1, 0.15) is 44.9 Å². The first-order valence-electron chi connectivity index (χ1n) is 7.89. The van der Waals surface area contributed by atoms with Crippen molar-refractivity contribution in [1.82, 2.24) is 4.90 Å². The average Bonchev–Trinajstić information content (AvgIpc) is 2.85. The number of nitrogens with zero attached hydrogens (tertiary/aromatic N) is 1. The second kappa shape index (κ2) is 5.80. The van der Waals surface area contributed by atoms with Gasteiger partial charge in [-0.15, -0.1) is 0 Å². The fourth-order valence-electron chi connectivity index (χ4n) is 4.01. The van der Waals surface area contributed by atoms with Crippen molar-refractivity contribution in [3.05, 3.63) is 0 Å². The van der Waals surface area contributed by atoms with Crippen molar-refractivity contribution in [2.24, 2.45) is 17.6 Å². The Morgan fingerprint density at radius 3 is 2.79 bits per heavy atom. The van der Waals surface area contributed by atoms with Gasteiger partial charge in [0.2, 0.25) is 5.91 Å². The fraction of sp³-hybridized carbons (Fsp3) is 0.933. The minimum atomic E-state index is 0.164. The highest BCUT2D eigenvalue weighted by atomic mass is 16.5. The zero-order valence-corrected chi connectivity index (χ0v) is 11.7. The van der Waals surface area contributed by atoms with Gasteiger partial charge in [-0.3, -0.25) is 4.79 Å². The molecule has 3 fully saturated rings. The lowest BCUT2D eigenvalue weighted by atomic mass is 9.78. The Hall–Kier alpha value is -0.610. The van der Waals surface area contributed by atoms with Crippen LogP contribution >= 0.6 is 0 Å². The van der Waals surface area contributed by atoms with Crippen LogP contribution in [-0.2, 0) is 9.53 Å². The van der Waals surface area contributed by atoms with Crippen molar-refractivity contribution in [2.45, 2.75) is 57.1 Å². The molecule has 0 aromatic rings. The minimum Gasteiger partial charge on any atom is -0.378 e. The van der Waals surface area contributed by atoms with Crippen molar-refractivity contribution in [3.63, 3.8) is 0 Å². The molecule has 2 heterocycles. The van der Waals surface area contributed by atoms with E-state index < -0.39 is 0 Å². The summed E-state index contributed by atoms with van der Waals surface area (Å²) in [6.45, 7) is 2.65. The molecule has 19 heavy (non-hydrogen) atoms. The third-order valence-corrected chi connectivity index (χ3v) is 5.18. The van der Waals surface area contributed by atoms with E-state index in [1.807, 2.05) is 0 Å². The number of carbonyl (C=O) groups excluding carboxylic acids is 1. The largest absolute Gasteiger partial charge is 0.378 e. The predicted octanol–water partition coefficient (Wildman–Crippen LogP) is 1.53. The van der Waals surface area contributed by atoms with Crippen molar-refractivity contribution in [1.29, 1.82) is 0 Å². The quantitative estimate of drug-likeness (QED) is 0.824. The Bertz CT molecular complexity index is 328. The highest BCUT2D eigenvalue weighted by Gasteiger charge is 2.40. The van der Waals surface area contributed by atoms with Gasteiger partial charge >= 0.3 is 0 Å². The SMILES string of the molecule is NC1CCCC2CN(C(=O)CC3CCCCO3)CC12. The molecule has 2 N–H and O–H groups in total. The Morgan fingerprint density at radius 1 is 1.16 bits per heavy atom. The van der Waals surface area contributed by atoms with Crippen LogP contribution in [0.15, 0.2) is 0 Å². The molecule has 3 rings (SSSR count). The van der Waals surface area contributed by atoms with Crippen molar-refractivity contribution in [2.75, 3.05) is 19.7 Å². The van der Waals surface area contributed by atoms with Gasteiger partial charge in [-0.2, -0.15) is 0 Å². The van der Waals surface area contributed by atoms with E-state index in [1.165, 1.54) is 19.3 Å². The molecule has 1 aliphatic carbocycles. The third-order valence-electron chi connectivity index (χ3n) is 5.18. The average molecular weight is 266 g/mol. The van der Waals surface area contributed by atoms with E-state index in [2.05, 4.69) is 4.90 Å². The van der Waals surface area contributed by atoms with Crippen LogP contribution in [0.3, 0.4) is 0 Å². The second-order valence-electron chi connectivity index (χ2n) is 6.51. The smallest absolute Gasteiger partial charge is 0.225 e. The van der Waals surface area contributed by atoms with E-state index in [1.54, 1.807) is 0 Å². The molecule has 0 aromatic heterocycles. The van der Waals surface area contributed by atoms with Gasteiger partial charge in [0.25, 0.3) is 0 Å². The number of carbonyl (C=O) groups is 1. The lowest BCUT2D eigenvalue weighted by Gasteiger charge is -2.29. The molecule has 4 atom stereocenters. The zero-order chi connectivity index (χ0) is 13.2. The first-order chi connectivity index (χ1) is 9.24. The number of rotatable bonds is 2. The van der Waals surface area contributed by atoms with E-state index in [0.717, 1.165) is 39.0 Å². The summed E-state index contributed by atoms with van der Waals surface area (Å²) in [5.74, 6) is 1.48. The highest BCUT2D eigenvalue weighted by molar-refractivity contribution is 5.77. The molecule has 3 aliphatic rings. The standard InChI is InChI=1S/C15H26N2O2/c16-14-6-3-4-11-9-17(10-13(11)14)15(18)8-12-5-1-2-7-19-12/h11-14H,1-10,16H2. The molecule has 0 spiro atoms. The second-order valence-corrected chi connectivity index (χ2v) is 6.51. The van der Waals surface area contributed by atoms with Gasteiger partial charge in [0.15, 0.2) is 0 Å². The van der Waals surface area contributed by atoms with E-state index in [4.69, 9.17) is 10.5 Å². The topological polar surface area (TPSA) is 55.6 Å². The highest BCUT2D eigenvalue weighted by Crippen LogP contribution is 2.36. The zero-order valence-electron chi connectivity index (χ0n) is 11.7. The number of nitrogens with two attached hydrogens (primary N) is 1. The van der Waals surface area contributed by atoms with Crippen LogP contribution in [0, 0.1) is 11.8 Å². The maximum Gasteiger partial charge on any atom is 0.225 e. The van der Waals surface area contributed by atoms with E-state index >= 15 is 0 Å². The molecule has 4 heteroatoms. The van der Waals surface area contributed by atoms with Crippen LogP contribution in [0.25, 0.3) is 0 Å². The molecular weight excluding hydrogens is 240 g/mol. The third kappa shape index (κ3) is 2.95. The van der Waals surface area contributed by atoms with Gasteiger partial charge in [0.05, 0.1) is 12.5 Å². The van der Waals surface area contributed by atoms with Gasteiger partial charge in [0.1, 0.15) is 0 Å². The molecule has 0 aromatic carbocycles. The molecule has 1 amide bonds. The van der Waals surface area contributed by atoms with E-state index in [9.17, 15) is 4.79 Å². The van der Waals surface area contributed by atoms with Gasteiger partial charge in [-0.25, -0.2) is 0 Å². The number of amides is 1. The molecule has 108 valence electrons. The van der Waals surface area contributed by atoms with Crippen LogP contribution in [0.5, 0.6) is 0 Å². The Kier molecular flexibility index (Phi) is 4.08. The van der Waals surface area contributed by atoms with Crippen LogP contribution in [0.2, 0.25) is 0 Å². The summed E-state index contributed by atoms with van der Waals surface area (Å²) in [6, 6.07) is 0.308. The summed E-state index contributed by atoms with van der Waals surface area (Å²) in [5.41, 5.74) is 6.20. The number of fused-ring (bicyclic) bond motifs is 1. The summed E-state index contributed by atoms with van der Waals surface area (Å²) in [7, 11) is 0. The molecule has 4 unspecified atom stereocenters. The number of ether oxygens (including phenoxy) is 1. The number of likely N-dealkylation sites (tertiary alicyclic amines) is 1. The Labute approximate surface area is 115 Å². The van der Waals surface area contributed by atoms with Crippen molar-refractivity contribution in [3.8, 4) is 0 Å². The first kappa shape index (κ1) is 13.4. The molecule has 0 bridgehead atoms. The normalized spacial score (nSPS) is 39.1. The predicted molar refractivity (Wildman–Crippen MR) is 73.6 cm³/mol. The summed E-state index contributed by atoms with van der Waals surface area (Å²) in [5, 5.41) is 0. The molecule has 0 radical (unpaired) electrons. The maximum atomic E-state index is 12.4.